The minimum absolute atomic E-state index is 0.117. The molecule has 0 radical (unpaired) electrons. The van der Waals surface area contributed by atoms with Crippen molar-refractivity contribution in [2.75, 3.05) is 27.1 Å². The smallest absolute Gasteiger partial charge is 0.184 e. The first-order valence-electron chi connectivity index (χ1n) is 12.3. The Balaban J connectivity index is 1.47. The molecule has 0 saturated carbocycles. The monoisotopic (exact) mass is 502 g/mol. The van der Waals surface area contributed by atoms with E-state index in [0.29, 0.717) is 13.2 Å². The zero-order valence-corrected chi connectivity index (χ0v) is 22.0. The third kappa shape index (κ3) is 6.78. The van der Waals surface area contributed by atoms with Crippen LogP contribution in [-0.2, 0) is 28.4 Å². The summed E-state index contributed by atoms with van der Waals surface area (Å²) in [5.74, 6) is 0. The van der Waals surface area contributed by atoms with Gasteiger partial charge in [0.25, 0.3) is 0 Å². The van der Waals surface area contributed by atoms with Crippen LogP contribution in [-0.4, -0.2) is 70.8 Å². The van der Waals surface area contributed by atoms with E-state index in [2.05, 4.69) is 19.6 Å². The highest BCUT2D eigenvalue weighted by atomic mass is 28.3. The highest BCUT2D eigenvalue weighted by Gasteiger charge is 2.52. The van der Waals surface area contributed by atoms with Crippen molar-refractivity contribution in [3.63, 3.8) is 0 Å². The van der Waals surface area contributed by atoms with Gasteiger partial charge in [-0.2, -0.15) is 0 Å². The van der Waals surface area contributed by atoms with Gasteiger partial charge in [0.05, 0.1) is 6.61 Å². The third-order valence-corrected chi connectivity index (χ3v) is 8.19. The summed E-state index contributed by atoms with van der Waals surface area (Å²) in [6.07, 6.45) is -4.21. The lowest BCUT2D eigenvalue weighted by atomic mass is 9.89. The Morgan fingerprint density at radius 1 is 1.00 bits per heavy atom. The van der Waals surface area contributed by atoms with Crippen molar-refractivity contribution >= 4 is 8.07 Å². The Morgan fingerprint density at radius 2 is 1.69 bits per heavy atom. The molecule has 2 saturated heterocycles. The molecule has 7 nitrogen and oxygen atoms in total. The van der Waals surface area contributed by atoms with Crippen molar-refractivity contribution in [3.8, 4) is 0 Å². The summed E-state index contributed by atoms with van der Waals surface area (Å²) in [7, 11) is 0.390. The van der Waals surface area contributed by atoms with E-state index < -0.39 is 51.0 Å². The van der Waals surface area contributed by atoms with Crippen LogP contribution in [0.5, 0.6) is 0 Å². The molecule has 2 fully saturated rings. The first kappa shape index (κ1) is 26.4. The summed E-state index contributed by atoms with van der Waals surface area (Å²) in [5, 5.41) is 11.4. The molecule has 0 aliphatic carbocycles. The van der Waals surface area contributed by atoms with Gasteiger partial charge < -0.3 is 33.5 Å². The molecule has 35 heavy (non-hydrogen) atoms. The first-order valence-corrected chi connectivity index (χ1v) is 16.0. The molecule has 2 aromatic carbocycles. The SMILES string of the molecule is CO[C@H]1[C@H](O)[C@@H]([C@H](OCOCC[Si](C)(C)C)c2ccccc2)O[C@@H]2CO[C@@H](c3ccccc3)O[C@@H]12. The Bertz CT molecular complexity index is 891. The van der Waals surface area contributed by atoms with Crippen LogP contribution in [0.4, 0.5) is 0 Å². The van der Waals surface area contributed by atoms with Crippen LogP contribution >= 0.6 is 0 Å². The molecular formula is C27H38O7Si. The Kier molecular flexibility index (Phi) is 9.12. The summed E-state index contributed by atoms with van der Waals surface area (Å²) in [5.41, 5.74) is 1.82. The number of benzene rings is 2. The molecule has 8 heteroatoms. The quantitative estimate of drug-likeness (QED) is 0.295. The van der Waals surface area contributed by atoms with Gasteiger partial charge in [-0.15, -0.1) is 0 Å². The number of aliphatic hydroxyl groups is 1. The number of fused-ring (bicyclic) bond motifs is 1. The van der Waals surface area contributed by atoms with Crippen LogP contribution in [0, 0.1) is 0 Å². The topological polar surface area (TPSA) is 75.6 Å². The Hall–Kier alpha value is -1.62. The summed E-state index contributed by atoms with van der Waals surface area (Å²) in [6.45, 7) is 8.03. The zero-order chi connectivity index (χ0) is 24.8. The second-order valence-electron chi connectivity index (χ2n) is 10.3. The molecule has 0 spiro atoms. The normalized spacial score (nSPS) is 30.0. The highest BCUT2D eigenvalue weighted by Crippen LogP contribution is 2.39. The fraction of sp³-hybridized carbons (Fsp3) is 0.556. The summed E-state index contributed by atoms with van der Waals surface area (Å²) < 4.78 is 36.4. The van der Waals surface area contributed by atoms with Gasteiger partial charge in [0.1, 0.15) is 43.4 Å². The third-order valence-electron chi connectivity index (χ3n) is 6.49. The van der Waals surface area contributed by atoms with Crippen molar-refractivity contribution in [2.24, 2.45) is 0 Å². The average Bonchev–Trinajstić information content (AvgIpc) is 2.86. The second kappa shape index (κ2) is 12.1. The molecule has 2 aromatic rings. The maximum Gasteiger partial charge on any atom is 0.184 e. The fourth-order valence-electron chi connectivity index (χ4n) is 4.51. The van der Waals surface area contributed by atoms with E-state index in [1.54, 1.807) is 7.11 Å². The van der Waals surface area contributed by atoms with E-state index >= 15 is 0 Å². The zero-order valence-electron chi connectivity index (χ0n) is 21.0. The van der Waals surface area contributed by atoms with Crippen molar-refractivity contribution in [1.29, 1.82) is 0 Å². The molecule has 0 amide bonds. The van der Waals surface area contributed by atoms with E-state index in [4.69, 9.17) is 28.4 Å². The fourth-order valence-corrected chi connectivity index (χ4v) is 5.26. The maximum atomic E-state index is 11.4. The summed E-state index contributed by atoms with van der Waals surface area (Å²) in [6, 6.07) is 20.6. The number of rotatable bonds is 10. The Labute approximate surface area is 209 Å². The summed E-state index contributed by atoms with van der Waals surface area (Å²) >= 11 is 0. The van der Waals surface area contributed by atoms with E-state index in [1.807, 2.05) is 60.7 Å². The van der Waals surface area contributed by atoms with Crippen molar-refractivity contribution in [3.05, 3.63) is 71.8 Å². The van der Waals surface area contributed by atoms with Crippen LogP contribution in [0.1, 0.15) is 23.5 Å². The number of hydrogen-bond acceptors (Lipinski definition) is 7. The number of ether oxygens (including phenoxy) is 6. The standard InChI is InChI=1S/C27H38O7Si/c1-29-25-22(28)26(33-21-17-31-27(34-24(21)25)20-13-9-6-10-14-20)23(19-11-7-5-8-12-19)32-18-30-15-16-35(2,3)4/h5-14,21-28H,15-18H2,1-4H3/t21-,22+,23-,24-,25+,26+,27-/m1/s1. The minimum Gasteiger partial charge on any atom is -0.387 e. The number of methoxy groups -OCH3 is 1. The minimum atomic E-state index is -1.20. The van der Waals surface area contributed by atoms with Crippen LogP contribution < -0.4 is 0 Å². The maximum absolute atomic E-state index is 11.4. The molecule has 2 aliphatic heterocycles. The van der Waals surface area contributed by atoms with Crippen molar-refractivity contribution in [2.45, 2.75) is 68.6 Å². The molecular weight excluding hydrogens is 464 g/mol. The second-order valence-corrected chi connectivity index (χ2v) is 16.0. The molecule has 0 bridgehead atoms. The van der Waals surface area contributed by atoms with Gasteiger partial charge in [-0.3, -0.25) is 0 Å². The lowest BCUT2D eigenvalue weighted by Crippen LogP contribution is -2.63. The van der Waals surface area contributed by atoms with Gasteiger partial charge >= 0.3 is 0 Å². The van der Waals surface area contributed by atoms with Crippen LogP contribution in [0.2, 0.25) is 25.7 Å². The highest BCUT2D eigenvalue weighted by molar-refractivity contribution is 6.76. The molecule has 7 atom stereocenters. The average molecular weight is 503 g/mol. The predicted molar refractivity (Wildman–Crippen MR) is 135 cm³/mol. The summed E-state index contributed by atoms with van der Waals surface area (Å²) in [4.78, 5) is 0. The van der Waals surface area contributed by atoms with E-state index in [-0.39, 0.29) is 6.79 Å². The molecule has 2 aliphatic rings. The van der Waals surface area contributed by atoms with Crippen LogP contribution in [0.15, 0.2) is 60.7 Å². The van der Waals surface area contributed by atoms with Gasteiger partial charge in [0.2, 0.25) is 0 Å². The van der Waals surface area contributed by atoms with Gasteiger partial charge in [-0.25, -0.2) is 0 Å². The number of hydrogen-bond donors (Lipinski definition) is 1. The molecule has 0 unspecified atom stereocenters. The molecule has 0 aromatic heterocycles. The van der Waals surface area contributed by atoms with E-state index in [1.165, 1.54) is 0 Å². The van der Waals surface area contributed by atoms with E-state index in [9.17, 15) is 5.11 Å². The molecule has 1 N–H and O–H groups in total. The van der Waals surface area contributed by atoms with Gasteiger partial charge in [0.15, 0.2) is 6.29 Å². The van der Waals surface area contributed by atoms with Gasteiger partial charge in [-0.1, -0.05) is 80.3 Å². The molecule has 4 rings (SSSR count). The van der Waals surface area contributed by atoms with E-state index in [0.717, 1.165) is 17.2 Å². The van der Waals surface area contributed by atoms with Crippen LogP contribution in [0.25, 0.3) is 0 Å². The van der Waals surface area contributed by atoms with Crippen LogP contribution in [0.3, 0.4) is 0 Å². The molecule has 192 valence electrons. The van der Waals surface area contributed by atoms with Crippen molar-refractivity contribution < 1.29 is 33.5 Å². The first-order chi connectivity index (χ1) is 16.9. The lowest BCUT2D eigenvalue weighted by molar-refractivity contribution is -0.342. The molecule has 2 heterocycles. The largest absolute Gasteiger partial charge is 0.387 e. The van der Waals surface area contributed by atoms with Gasteiger partial charge in [-0.05, 0) is 11.6 Å². The lowest BCUT2D eigenvalue weighted by Gasteiger charge is -2.49. The van der Waals surface area contributed by atoms with Crippen molar-refractivity contribution in [1.82, 2.24) is 0 Å². The van der Waals surface area contributed by atoms with Gasteiger partial charge in [0, 0.05) is 27.4 Å². The number of aliphatic hydroxyl groups excluding tert-OH is 1. The predicted octanol–water partition coefficient (Wildman–Crippen LogP) is 4.31. The Morgan fingerprint density at radius 3 is 2.34 bits per heavy atom.